The molecule has 3 aromatic carbocycles. The third-order valence-corrected chi connectivity index (χ3v) is 8.34. The Hall–Kier alpha value is -2.90. The first-order valence-corrected chi connectivity index (χ1v) is 13.1. The van der Waals surface area contributed by atoms with Crippen molar-refractivity contribution in [3.8, 4) is 16.9 Å². The second kappa shape index (κ2) is 10.6. The van der Waals surface area contributed by atoms with Gasteiger partial charge in [-0.1, -0.05) is 43.3 Å². The average Bonchev–Trinajstić information content (AvgIpc) is 2.88. The van der Waals surface area contributed by atoms with E-state index in [1.807, 2.05) is 0 Å². The van der Waals surface area contributed by atoms with Crippen LogP contribution in [0.25, 0.3) is 11.1 Å². The molecule has 0 spiro atoms. The summed E-state index contributed by atoms with van der Waals surface area (Å²) in [4.78, 5) is 2.60. The summed E-state index contributed by atoms with van der Waals surface area (Å²) in [6, 6.07) is 20.0. The molecule has 0 amide bonds. The smallest absolute Gasteiger partial charge is 0.264 e. The lowest BCUT2D eigenvalue weighted by Gasteiger charge is -2.35. The number of hydrogen-bond donors (Lipinski definition) is 0. The maximum absolute atomic E-state index is 14.9. The molecular formula is C27H31FN2O3S. The third kappa shape index (κ3) is 5.10. The predicted octanol–water partition coefficient (Wildman–Crippen LogP) is 5.43. The van der Waals surface area contributed by atoms with Crippen LogP contribution in [0.15, 0.2) is 77.7 Å². The van der Waals surface area contributed by atoms with Crippen molar-refractivity contribution in [1.29, 1.82) is 0 Å². The van der Waals surface area contributed by atoms with Crippen molar-refractivity contribution in [2.45, 2.75) is 24.7 Å². The Bertz CT molecular complexity index is 1210. The van der Waals surface area contributed by atoms with Gasteiger partial charge in [-0.15, -0.1) is 0 Å². The number of ether oxygens (including phenoxy) is 1. The van der Waals surface area contributed by atoms with E-state index >= 15 is 0 Å². The average molecular weight is 483 g/mol. The van der Waals surface area contributed by atoms with Gasteiger partial charge < -0.3 is 9.64 Å². The highest BCUT2D eigenvalue weighted by Gasteiger charge is 2.31. The van der Waals surface area contributed by atoms with Crippen molar-refractivity contribution in [2.75, 3.05) is 37.6 Å². The summed E-state index contributed by atoms with van der Waals surface area (Å²) in [6.07, 6.45) is 1.83. The highest BCUT2D eigenvalue weighted by atomic mass is 32.2. The normalized spacial score (nSPS) is 15.3. The zero-order valence-electron chi connectivity index (χ0n) is 19.7. The van der Waals surface area contributed by atoms with Crippen molar-refractivity contribution < 1.29 is 17.5 Å². The molecule has 0 unspecified atom stereocenters. The van der Waals surface area contributed by atoms with Gasteiger partial charge in [0.15, 0.2) is 0 Å². The summed E-state index contributed by atoms with van der Waals surface area (Å²) >= 11 is 0. The third-order valence-electron chi connectivity index (χ3n) is 6.55. The molecule has 34 heavy (non-hydrogen) atoms. The lowest BCUT2D eigenvalue weighted by Crippen LogP contribution is -2.41. The zero-order valence-corrected chi connectivity index (χ0v) is 20.5. The van der Waals surface area contributed by atoms with Crippen LogP contribution in [0.3, 0.4) is 0 Å². The van der Waals surface area contributed by atoms with Gasteiger partial charge in [-0.2, -0.15) is 0 Å². The van der Waals surface area contributed by atoms with Crippen LogP contribution in [0.2, 0.25) is 0 Å². The SMILES string of the molecule is CCN1CCC(CN(c2ccc(OC)cc2-c2ccccc2F)S(=O)(=O)c2ccccc2)CC1. The Morgan fingerprint density at radius 3 is 2.29 bits per heavy atom. The summed E-state index contributed by atoms with van der Waals surface area (Å²) in [6.45, 7) is 5.37. The van der Waals surface area contributed by atoms with Gasteiger partial charge in [-0.3, -0.25) is 4.31 Å². The molecule has 3 aromatic rings. The number of anilines is 1. The minimum atomic E-state index is -3.88. The Morgan fingerprint density at radius 2 is 1.65 bits per heavy atom. The van der Waals surface area contributed by atoms with Gasteiger partial charge in [-0.25, -0.2) is 12.8 Å². The Balaban J connectivity index is 1.83. The summed E-state index contributed by atoms with van der Waals surface area (Å²) in [5.41, 5.74) is 1.28. The maximum atomic E-state index is 14.9. The van der Waals surface area contributed by atoms with E-state index in [-0.39, 0.29) is 10.8 Å². The monoisotopic (exact) mass is 482 g/mol. The number of rotatable bonds is 8. The first kappa shape index (κ1) is 24.2. The molecule has 5 nitrogen and oxygen atoms in total. The molecule has 1 saturated heterocycles. The van der Waals surface area contributed by atoms with Crippen LogP contribution >= 0.6 is 0 Å². The molecule has 1 heterocycles. The van der Waals surface area contributed by atoms with E-state index in [9.17, 15) is 12.8 Å². The molecule has 1 aliphatic heterocycles. The predicted molar refractivity (Wildman–Crippen MR) is 134 cm³/mol. The summed E-state index contributed by atoms with van der Waals surface area (Å²) in [5.74, 6) is 0.331. The molecule has 0 saturated carbocycles. The van der Waals surface area contributed by atoms with Crippen molar-refractivity contribution >= 4 is 15.7 Å². The number of likely N-dealkylation sites (tertiary alicyclic amines) is 1. The van der Waals surface area contributed by atoms with Gasteiger partial charge in [0.1, 0.15) is 11.6 Å². The fraction of sp³-hybridized carbons (Fsp3) is 0.333. The van der Waals surface area contributed by atoms with Crippen molar-refractivity contribution in [3.63, 3.8) is 0 Å². The molecule has 4 rings (SSSR count). The first-order chi connectivity index (χ1) is 16.4. The number of piperidine rings is 1. The molecule has 0 atom stereocenters. The molecular weight excluding hydrogens is 451 g/mol. The van der Waals surface area contributed by atoms with E-state index < -0.39 is 15.8 Å². The van der Waals surface area contributed by atoms with Crippen LogP contribution in [-0.4, -0.2) is 46.6 Å². The van der Waals surface area contributed by atoms with Crippen LogP contribution in [0.4, 0.5) is 10.1 Å². The zero-order chi connectivity index (χ0) is 24.1. The number of sulfonamides is 1. The lowest BCUT2D eigenvalue weighted by atomic mass is 9.96. The molecule has 0 aromatic heterocycles. The number of hydrogen-bond acceptors (Lipinski definition) is 4. The van der Waals surface area contributed by atoms with Gasteiger partial charge in [0.25, 0.3) is 10.0 Å². The highest BCUT2D eigenvalue weighted by Crippen LogP contribution is 2.39. The van der Waals surface area contributed by atoms with Gasteiger partial charge in [-0.05, 0) is 74.8 Å². The molecule has 0 N–H and O–H groups in total. The van der Waals surface area contributed by atoms with Gasteiger partial charge >= 0.3 is 0 Å². The second-order valence-corrected chi connectivity index (χ2v) is 10.5. The Morgan fingerprint density at radius 1 is 0.971 bits per heavy atom. The molecule has 0 radical (unpaired) electrons. The minimum Gasteiger partial charge on any atom is -0.497 e. The largest absolute Gasteiger partial charge is 0.497 e. The Labute approximate surface area is 201 Å². The van der Waals surface area contributed by atoms with Gasteiger partial charge in [0.05, 0.1) is 17.7 Å². The van der Waals surface area contributed by atoms with Crippen molar-refractivity contribution in [1.82, 2.24) is 4.90 Å². The molecule has 0 bridgehead atoms. The minimum absolute atomic E-state index is 0.205. The summed E-state index contributed by atoms with van der Waals surface area (Å²) in [7, 11) is -2.34. The van der Waals surface area contributed by atoms with E-state index in [0.29, 0.717) is 29.1 Å². The fourth-order valence-corrected chi connectivity index (χ4v) is 6.10. The number of nitrogens with zero attached hydrogens (tertiary/aromatic N) is 2. The van der Waals surface area contributed by atoms with E-state index in [2.05, 4.69) is 11.8 Å². The number of methoxy groups -OCH3 is 1. The molecule has 1 aliphatic rings. The Kier molecular flexibility index (Phi) is 7.54. The number of benzene rings is 3. The molecule has 7 heteroatoms. The molecule has 1 fully saturated rings. The van der Waals surface area contributed by atoms with Crippen LogP contribution in [0.5, 0.6) is 5.75 Å². The van der Waals surface area contributed by atoms with Crippen LogP contribution in [0, 0.1) is 11.7 Å². The van der Waals surface area contributed by atoms with E-state index in [4.69, 9.17) is 4.74 Å². The van der Waals surface area contributed by atoms with Crippen LogP contribution in [0.1, 0.15) is 19.8 Å². The lowest BCUT2D eigenvalue weighted by molar-refractivity contribution is 0.196. The fourth-order valence-electron chi connectivity index (χ4n) is 4.52. The molecule has 180 valence electrons. The van der Waals surface area contributed by atoms with Gasteiger partial charge in [0.2, 0.25) is 0 Å². The van der Waals surface area contributed by atoms with E-state index in [1.165, 1.54) is 10.4 Å². The summed E-state index contributed by atoms with van der Waals surface area (Å²) in [5, 5.41) is 0. The van der Waals surface area contributed by atoms with Crippen molar-refractivity contribution in [3.05, 3.63) is 78.6 Å². The van der Waals surface area contributed by atoms with Crippen LogP contribution < -0.4 is 9.04 Å². The number of halogens is 1. The standard InChI is InChI=1S/C27H31FN2O3S/c1-3-29-17-15-21(16-18-29)20-30(34(31,32)23-9-5-4-6-10-23)27-14-13-22(33-2)19-25(27)24-11-7-8-12-26(24)28/h4-14,19,21H,3,15-18,20H2,1-2H3. The van der Waals surface area contributed by atoms with Crippen LogP contribution in [-0.2, 0) is 10.0 Å². The first-order valence-electron chi connectivity index (χ1n) is 11.7. The van der Waals surface area contributed by atoms with E-state index in [0.717, 1.165) is 32.5 Å². The highest BCUT2D eigenvalue weighted by molar-refractivity contribution is 7.92. The maximum Gasteiger partial charge on any atom is 0.264 e. The van der Waals surface area contributed by atoms with Gasteiger partial charge in [0, 0.05) is 17.7 Å². The van der Waals surface area contributed by atoms with Crippen molar-refractivity contribution in [2.24, 2.45) is 5.92 Å². The second-order valence-electron chi connectivity index (χ2n) is 8.59. The quantitative estimate of drug-likeness (QED) is 0.430. The topological polar surface area (TPSA) is 49.9 Å². The van der Waals surface area contributed by atoms with E-state index in [1.54, 1.807) is 73.8 Å². The molecule has 0 aliphatic carbocycles. The summed E-state index contributed by atoms with van der Waals surface area (Å²) < 4.78 is 49.6.